The second kappa shape index (κ2) is 4.84. The van der Waals surface area contributed by atoms with E-state index in [1.807, 2.05) is 31.2 Å². The van der Waals surface area contributed by atoms with Gasteiger partial charge in [-0.25, -0.2) is 4.79 Å². The van der Waals surface area contributed by atoms with Gasteiger partial charge in [-0.05, 0) is 42.3 Å². The van der Waals surface area contributed by atoms with Gasteiger partial charge in [-0.15, -0.1) is 0 Å². The molecule has 0 N–H and O–H groups in total. The molecule has 102 valence electrons. The van der Waals surface area contributed by atoms with Crippen LogP contribution in [0.3, 0.4) is 0 Å². The minimum atomic E-state index is -0.402. The quantitative estimate of drug-likeness (QED) is 0.786. The van der Waals surface area contributed by atoms with E-state index in [4.69, 9.17) is 21.1 Å². The van der Waals surface area contributed by atoms with Crippen LogP contribution < -0.4 is 4.74 Å². The van der Waals surface area contributed by atoms with Crippen molar-refractivity contribution in [3.63, 3.8) is 0 Å². The number of fused-ring (bicyclic) bond motifs is 1. The average molecular weight is 289 g/mol. The minimum Gasteiger partial charge on any atom is -0.497 e. The van der Waals surface area contributed by atoms with Gasteiger partial charge in [0.2, 0.25) is 0 Å². The van der Waals surface area contributed by atoms with E-state index in [9.17, 15) is 4.79 Å². The van der Waals surface area contributed by atoms with Crippen molar-refractivity contribution in [3.8, 4) is 5.75 Å². The Morgan fingerprint density at radius 3 is 2.55 bits per heavy atom. The minimum absolute atomic E-state index is 0.296. The molecule has 0 saturated heterocycles. The van der Waals surface area contributed by atoms with Crippen LogP contribution in [0.4, 0.5) is 0 Å². The second-order valence-electron chi connectivity index (χ2n) is 4.75. The van der Waals surface area contributed by atoms with Gasteiger partial charge in [0.25, 0.3) is 0 Å². The van der Waals surface area contributed by atoms with E-state index < -0.39 is 6.10 Å². The first kappa shape index (κ1) is 13.0. The molecule has 0 radical (unpaired) electrons. The van der Waals surface area contributed by atoms with E-state index in [2.05, 4.69) is 0 Å². The number of cyclic esters (lactones) is 1. The lowest BCUT2D eigenvalue weighted by atomic mass is 9.96. The van der Waals surface area contributed by atoms with E-state index in [0.29, 0.717) is 10.6 Å². The number of halogens is 1. The third kappa shape index (κ3) is 2.04. The van der Waals surface area contributed by atoms with Crippen LogP contribution >= 0.6 is 11.6 Å². The topological polar surface area (TPSA) is 35.5 Å². The van der Waals surface area contributed by atoms with Crippen molar-refractivity contribution in [1.29, 1.82) is 0 Å². The van der Waals surface area contributed by atoms with Crippen LogP contribution in [0.5, 0.6) is 5.75 Å². The highest BCUT2D eigenvalue weighted by Gasteiger charge is 2.33. The Morgan fingerprint density at radius 2 is 1.90 bits per heavy atom. The summed E-state index contributed by atoms with van der Waals surface area (Å²) in [6.45, 7) is 1.86. The predicted molar refractivity (Wildman–Crippen MR) is 76.4 cm³/mol. The number of carbonyl (C=O) groups excluding carboxylic acids is 1. The number of esters is 1. The van der Waals surface area contributed by atoms with Crippen LogP contribution in [-0.2, 0) is 4.74 Å². The SMILES string of the molecule is COc1ccc(C2OC(=O)c3c(C)cc(Cl)cc32)cc1. The third-order valence-corrected chi connectivity index (χ3v) is 3.68. The number of rotatable bonds is 2. The summed E-state index contributed by atoms with van der Waals surface area (Å²) in [5, 5.41) is 0.609. The second-order valence-corrected chi connectivity index (χ2v) is 5.18. The zero-order valence-corrected chi connectivity index (χ0v) is 11.9. The van der Waals surface area contributed by atoms with Crippen molar-refractivity contribution in [2.45, 2.75) is 13.0 Å². The Labute approximate surface area is 122 Å². The lowest BCUT2D eigenvalue weighted by Crippen LogP contribution is -2.00. The molecule has 1 unspecified atom stereocenters. The lowest BCUT2D eigenvalue weighted by molar-refractivity contribution is 0.0455. The molecule has 2 aromatic carbocycles. The summed E-state index contributed by atoms with van der Waals surface area (Å²) < 4.78 is 10.6. The van der Waals surface area contributed by atoms with Crippen molar-refractivity contribution < 1.29 is 14.3 Å². The van der Waals surface area contributed by atoms with Crippen LogP contribution in [-0.4, -0.2) is 13.1 Å². The van der Waals surface area contributed by atoms with Gasteiger partial charge in [0.05, 0.1) is 12.7 Å². The van der Waals surface area contributed by atoms with Crippen LogP contribution in [0.2, 0.25) is 5.02 Å². The Bertz CT molecular complexity index is 677. The fourth-order valence-corrected chi connectivity index (χ4v) is 2.79. The molecule has 1 heterocycles. The van der Waals surface area contributed by atoms with Gasteiger partial charge < -0.3 is 9.47 Å². The maximum atomic E-state index is 12.0. The van der Waals surface area contributed by atoms with Gasteiger partial charge in [-0.3, -0.25) is 0 Å². The predicted octanol–water partition coefficient (Wildman–Crippen LogP) is 3.92. The van der Waals surface area contributed by atoms with Crippen molar-refractivity contribution in [2.75, 3.05) is 7.11 Å². The molecular formula is C16H13ClO3. The molecule has 3 rings (SSSR count). The monoisotopic (exact) mass is 288 g/mol. The normalized spacial score (nSPS) is 16.8. The van der Waals surface area contributed by atoms with Gasteiger partial charge in [0.15, 0.2) is 6.10 Å². The molecule has 0 bridgehead atoms. The first-order valence-electron chi connectivity index (χ1n) is 6.25. The van der Waals surface area contributed by atoms with Crippen molar-refractivity contribution in [3.05, 3.63) is 63.7 Å². The molecule has 0 aliphatic carbocycles. The Hall–Kier alpha value is -2.00. The standard InChI is InChI=1S/C16H13ClO3/c1-9-7-11(17)8-13-14(9)16(18)20-15(13)10-3-5-12(19-2)6-4-10/h3-8,15H,1-2H3. The summed E-state index contributed by atoms with van der Waals surface area (Å²) >= 11 is 6.09. The first-order valence-corrected chi connectivity index (χ1v) is 6.63. The zero-order chi connectivity index (χ0) is 14.3. The molecule has 20 heavy (non-hydrogen) atoms. The molecule has 0 spiro atoms. The van der Waals surface area contributed by atoms with E-state index >= 15 is 0 Å². The van der Waals surface area contributed by atoms with Crippen LogP contribution in [0, 0.1) is 6.92 Å². The molecule has 0 fully saturated rings. The molecule has 4 heteroatoms. The van der Waals surface area contributed by atoms with Crippen LogP contribution in [0.15, 0.2) is 36.4 Å². The lowest BCUT2D eigenvalue weighted by Gasteiger charge is -2.12. The molecular weight excluding hydrogens is 276 g/mol. The number of hydrogen-bond donors (Lipinski definition) is 0. The van der Waals surface area contributed by atoms with E-state index in [1.165, 1.54) is 0 Å². The van der Waals surface area contributed by atoms with Gasteiger partial charge in [0, 0.05) is 10.6 Å². The summed E-state index contributed by atoms with van der Waals surface area (Å²) in [6.07, 6.45) is -0.402. The number of carbonyl (C=O) groups is 1. The molecule has 0 aromatic heterocycles. The number of methoxy groups -OCH3 is 1. The first-order chi connectivity index (χ1) is 9.60. The molecule has 1 atom stereocenters. The fraction of sp³-hybridized carbons (Fsp3) is 0.188. The number of benzene rings is 2. The molecule has 0 amide bonds. The van der Waals surface area contributed by atoms with Gasteiger partial charge in [-0.2, -0.15) is 0 Å². The molecule has 3 nitrogen and oxygen atoms in total. The van der Waals surface area contributed by atoms with Crippen molar-refractivity contribution >= 4 is 17.6 Å². The Kier molecular flexibility index (Phi) is 3.14. The van der Waals surface area contributed by atoms with Crippen molar-refractivity contribution in [2.24, 2.45) is 0 Å². The van der Waals surface area contributed by atoms with E-state index in [-0.39, 0.29) is 5.97 Å². The summed E-state index contributed by atoms with van der Waals surface area (Å²) in [5.41, 5.74) is 3.19. The molecule has 2 aromatic rings. The van der Waals surface area contributed by atoms with Crippen molar-refractivity contribution in [1.82, 2.24) is 0 Å². The Balaban J connectivity index is 2.08. The smallest absolute Gasteiger partial charge is 0.339 e. The highest BCUT2D eigenvalue weighted by molar-refractivity contribution is 6.31. The van der Waals surface area contributed by atoms with E-state index in [0.717, 1.165) is 22.4 Å². The third-order valence-electron chi connectivity index (χ3n) is 3.46. The maximum Gasteiger partial charge on any atom is 0.339 e. The maximum absolute atomic E-state index is 12.0. The summed E-state index contributed by atoms with van der Waals surface area (Å²) in [4.78, 5) is 12.0. The number of ether oxygens (including phenoxy) is 2. The van der Waals surface area contributed by atoms with Crippen LogP contribution in [0.25, 0.3) is 0 Å². The Morgan fingerprint density at radius 1 is 1.20 bits per heavy atom. The van der Waals surface area contributed by atoms with E-state index in [1.54, 1.807) is 19.2 Å². The van der Waals surface area contributed by atoms with Gasteiger partial charge >= 0.3 is 5.97 Å². The van der Waals surface area contributed by atoms with Gasteiger partial charge in [0.1, 0.15) is 5.75 Å². The van der Waals surface area contributed by atoms with Gasteiger partial charge in [-0.1, -0.05) is 23.7 Å². The largest absolute Gasteiger partial charge is 0.497 e. The number of hydrogen-bond acceptors (Lipinski definition) is 3. The summed E-state index contributed by atoms with van der Waals surface area (Å²) in [6, 6.07) is 11.0. The summed E-state index contributed by atoms with van der Waals surface area (Å²) in [7, 11) is 1.61. The number of aryl methyl sites for hydroxylation is 1. The van der Waals surface area contributed by atoms with Crippen LogP contribution in [0.1, 0.15) is 33.2 Å². The zero-order valence-electron chi connectivity index (χ0n) is 11.1. The highest BCUT2D eigenvalue weighted by Crippen LogP contribution is 2.39. The molecule has 0 saturated carbocycles. The fourth-order valence-electron chi connectivity index (χ4n) is 2.51. The summed E-state index contributed by atoms with van der Waals surface area (Å²) in [5.74, 6) is 0.468. The highest BCUT2D eigenvalue weighted by atomic mass is 35.5. The molecule has 1 aliphatic heterocycles. The molecule has 1 aliphatic rings. The average Bonchev–Trinajstić information content (AvgIpc) is 2.76.